The van der Waals surface area contributed by atoms with Gasteiger partial charge in [-0.05, 0) is 36.1 Å². The Kier molecular flexibility index (Phi) is 4.07. The predicted molar refractivity (Wildman–Crippen MR) is 82.7 cm³/mol. The number of hydrogen-bond acceptors (Lipinski definition) is 1. The summed E-state index contributed by atoms with van der Waals surface area (Å²) in [5.41, 5.74) is 1.49. The fraction of sp³-hybridized carbons (Fsp3) is 0.368. The summed E-state index contributed by atoms with van der Waals surface area (Å²) < 4.78 is 13.0. The summed E-state index contributed by atoms with van der Waals surface area (Å²) >= 11 is 0. The van der Waals surface area contributed by atoms with Crippen LogP contribution in [0.4, 0.5) is 4.39 Å². The van der Waals surface area contributed by atoms with Crippen LogP contribution in [0.15, 0.2) is 54.6 Å². The first-order chi connectivity index (χ1) is 10.2. The molecule has 0 aliphatic heterocycles. The van der Waals surface area contributed by atoms with Gasteiger partial charge in [-0.25, -0.2) is 4.39 Å². The maximum Gasteiger partial charge on any atom is 0.123 e. The highest BCUT2D eigenvalue weighted by molar-refractivity contribution is 5.27. The standard InChI is InChI=1S/C19H21FO/c20-17-11-9-15(10-12-17)14-19(21)13-5-4-8-18(19)16-6-2-1-3-7-16/h1-3,6-7,9-12,18,21H,4-5,8,13-14H2. The highest BCUT2D eigenvalue weighted by Gasteiger charge is 2.39. The SMILES string of the molecule is OC1(Cc2ccc(F)cc2)CCCCC1c1ccccc1. The lowest BCUT2D eigenvalue weighted by Crippen LogP contribution is -2.41. The monoisotopic (exact) mass is 284 g/mol. The quantitative estimate of drug-likeness (QED) is 0.882. The molecule has 1 fully saturated rings. The molecule has 21 heavy (non-hydrogen) atoms. The van der Waals surface area contributed by atoms with E-state index in [4.69, 9.17) is 0 Å². The van der Waals surface area contributed by atoms with Crippen molar-refractivity contribution in [3.05, 3.63) is 71.5 Å². The van der Waals surface area contributed by atoms with Crippen LogP contribution in [0.2, 0.25) is 0 Å². The van der Waals surface area contributed by atoms with Crippen LogP contribution in [-0.2, 0) is 6.42 Å². The average Bonchev–Trinajstić information content (AvgIpc) is 2.51. The first-order valence-corrected chi connectivity index (χ1v) is 7.69. The third-order valence-corrected chi connectivity index (χ3v) is 4.63. The van der Waals surface area contributed by atoms with Gasteiger partial charge in [-0.1, -0.05) is 55.3 Å². The fourth-order valence-corrected chi connectivity index (χ4v) is 3.55. The second-order valence-electron chi connectivity index (χ2n) is 6.12. The van der Waals surface area contributed by atoms with Crippen molar-refractivity contribution in [3.63, 3.8) is 0 Å². The Bertz CT molecular complexity index is 578. The smallest absolute Gasteiger partial charge is 0.123 e. The average molecular weight is 284 g/mol. The molecule has 110 valence electrons. The molecule has 2 unspecified atom stereocenters. The Morgan fingerprint density at radius 1 is 1.00 bits per heavy atom. The zero-order valence-corrected chi connectivity index (χ0v) is 12.1. The van der Waals surface area contributed by atoms with Crippen LogP contribution in [-0.4, -0.2) is 10.7 Å². The predicted octanol–water partition coefficient (Wildman–Crippen LogP) is 4.46. The maximum atomic E-state index is 13.0. The van der Waals surface area contributed by atoms with Crippen molar-refractivity contribution >= 4 is 0 Å². The summed E-state index contributed by atoms with van der Waals surface area (Å²) in [5.74, 6) is -0.0634. The molecule has 0 heterocycles. The van der Waals surface area contributed by atoms with E-state index in [1.54, 1.807) is 12.1 Å². The van der Waals surface area contributed by atoms with Gasteiger partial charge in [0.15, 0.2) is 0 Å². The molecule has 0 amide bonds. The molecule has 2 aromatic rings. The molecule has 0 spiro atoms. The molecular weight excluding hydrogens is 263 g/mol. The Morgan fingerprint density at radius 2 is 1.71 bits per heavy atom. The van der Waals surface area contributed by atoms with Crippen LogP contribution in [0, 0.1) is 5.82 Å². The molecule has 1 nitrogen and oxygen atoms in total. The van der Waals surface area contributed by atoms with Gasteiger partial charge in [-0.3, -0.25) is 0 Å². The topological polar surface area (TPSA) is 20.2 Å². The van der Waals surface area contributed by atoms with Crippen LogP contribution in [0.1, 0.15) is 42.7 Å². The Morgan fingerprint density at radius 3 is 2.43 bits per heavy atom. The van der Waals surface area contributed by atoms with E-state index in [1.165, 1.54) is 17.7 Å². The summed E-state index contributed by atoms with van der Waals surface area (Å²) in [5, 5.41) is 11.2. The fourth-order valence-electron chi connectivity index (χ4n) is 3.55. The van der Waals surface area contributed by atoms with Gasteiger partial charge in [-0.15, -0.1) is 0 Å². The highest BCUT2D eigenvalue weighted by atomic mass is 19.1. The van der Waals surface area contributed by atoms with E-state index in [0.717, 1.165) is 31.2 Å². The number of rotatable bonds is 3. The third kappa shape index (κ3) is 3.16. The van der Waals surface area contributed by atoms with E-state index >= 15 is 0 Å². The number of halogens is 1. The summed E-state index contributed by atoms with van der Waals surface area (Å²) in [4.78, 5) is 0. The first-order valence-electron chi connectivity index (χ1n) is 7.69. The molecule has 0 aromatic heterocycles. The number of aliphatic hydroxyl groups is 1. The van der Waals surface area contributed by atoms with Crippen molar-refractivity contribution in [2.45, 2.75) is 43.6 Å². The lowest BCUT2D eigenvalue weighted by atomic mass is 9.69. The van der Waals surface area contributed by atoms with E-state index in [-0.39, 0.29) is 11.7 Å². The maximum absolute atomic E-state index is 13.0. The molecule has 2 aromatic carbocycles. The van der Waals surface area contributed by atoms with Crippen molar-refractivity contribution in [2.75, 3.05) is 0 Å². The van der Waals surface area contributed by atoms with Gasteiger partial charge in [0, 0.05) is 12.3 Å². The second-order valence-corrected chi connectivity index (χ2v) is 6.12. The minimum atomic E-state index is -0.725. The zero-order valence-electron chi connectivity index (χ0n) is 12.1. The highest BCUT2D eigenvalue weighted by Crippen LogP contribution is 2.42. The summed E-state index contributed by atoms with van der Waals surface area (Å²) in [6.45, 7) is 0. The van der Waals surface area contributed by atoms with E-state index in [1.807, 2.05) is 18.2 Å². The van der Waals surface area contributed by atoms with Gasteiger partial charge in [-0.2, -0.15) is 0 Å². The molecule has 1 aliphatic carbocycles. The number of hydrogen-bond donors (Lipinski definition) is 1. The lowest BCUT2D eigenvalue weighted by molar-refractivity contribution is -0.0167. The van der Waals surface area contributed by atoms with Crippen LogP contribution in [0.5, 0.6) is 0 Å². The Labute approximate surface area is 125 Å². The van der Waals surface area contributed by atoms with Gasteiger partial charge in [0.05, 0.1) is 5.60 Å². The van der Waals surface area contributed by atoms with Crippen LogP contribution in [0.25, 0.3) is 0 Å². The molecule has 3 rings (SSSR count). The van der Waals surface area contributed by atoms with E-state index in [2.05, 4.69) is 12.1 Å². The molecule has 2 heteroatoms. The molecule has 0 saturated heterocycles. The molecule has 0 bridgehead atoms. The van der Waals surface area contributed by atoms with E-state index < -0.39 is 5.60 Å². The van der Waals surface area contributed by atoms with Crippen LogP contribution < -0.4 is 0 Å². The van der Waals surface area contributed by atoms with Crippen molar-refractivity contribution in [1.82, 2.24) is 0 Å². The van der Waals surface area contributed by atoms with Crippen molar-refractivity contribution < 1.29 is 9.50 Å². The zero-order chi connectivity index (χ0) is 14.7. The first kappa shape index (κ1) is 14.3. The summed E-state index contributed by atoms with van der Waals surface area (Å²) in [7, 11) is 0. The van der Waals surface area contributed by atoms with Crippen LogP contribution in [0.3, 0.4) is 0 Å². The van der Waals surface area contributed by atoms with Crippen molar-refractivity contribution in [3.8, 4) is 0 Å². The summed E-state index contributed by atoms with van der Waals surface area (Å²) in [6, 6.07) is 16.8. The molecule has 1 aliphatic rings. The minimum Gasteiger partial charge on any atom is -0.389 e. The molecular formula is C19H21FO. The Hall–Kier alpha value is -1.67. The van der Waals surface area contributed by atoms with Gasteiger partial charge in [0.1, 0.15) is 5.82 Å². The Balaban J connectivity index is 1.86. The second kappa shape index (κ2) is 5.98. The molecule has 0 radical (unpaired) electrons. The lowest BCUT2D eigenvalue weighted by Gasteiger charge is -2.40. The van der Waals surface area contributed by atoms with Gasteiger partial charge < -0.3 is 5.11 Å². The third-order valence-electron chi connectivity index (χ3n) is 4.63. The molecule has 2 atom stereocenters. The van der Waals surface area contributed by atoms with Crippen LogP contribution >= 0.6 is 0 Å². The van der Waals surface area contributed by atoms with Crippen molar-refractivity contribution in [2.24, 2.45) is 0 Å². The van der Waals surface area contributed by atoms with Gasteiger partial charge in [0.2, 0.25) is 0 Å². The number of benzene rings is 2. The molecule has 1 saturated carbocycles. The van der Waals surface area contributed by atoms with Gasteiger partial charge in [0.25, 0.3) is 0 Å². The molecule has 1 N–H and O–H groups in total. The normalized spacial score (nSPS) is 25.7. The van der Waals surface area contributed by atoms with Gasteiger partial charge >= 0.3 is 0 Å². The minimum absolute atomic E-state index is 0.164. The largest absolute Gasteiger partial charge is 0.389 e. The summed E-state index contributed by atoms with van der Waals surface area (Å²) in [6.07, 6.45) is 4.63. The van der Waals surface area contributed by atoms with Crippen molar-refractivity contribution in [1.29, 1.82) is 0 Å². The van der Waals surface area contributed by atoms with E-state index in [9.17, 15) is 9.50 Å². The van der Waals surface area contributed by atoms with E-state index in [0.29, 0.717) is 6.42 Å².